The molecule has 1 aliphatic heterocycles. The van der Waals surface area contributed by atoms with Gasteiger partial charge >= 0.3 is 6.03 Å². The number of hydrogen-bond donors (Lipinski definition) is 1. The van der Waals surface area contributed by atoms with E-state index in [0.29, 0.717) is 19.6 Å². The summed E-state index contributed by atoms with van der Waals surface area (Å²) in [7, 11) is 0. The van der Waals surface area contributed by atoms with Crippen LogP contribution in [0, 0.1) is 5.82 Å². The molecule has 0 spiro atoms. The number of hydrogen-bond acceptors (Lipinski definition) is 3. The molecule has 4 rings (SSSR count). The van der Waals surface area contributed by atoms with Crippen molar-refractivity contribution in [3.8, 4) is 11.1 Å². The van der Waals surface area contributed by atoms with Gasteiger partial charge in [0.25, 0.3) is 0 Å². The molecule has 0 unspecified atom stereocenters. The highest BCUT2D eigenvalue weighted by molar-refractivity contribution is 5.74. The van der Waals surface area contributed by atoms with Crippen LogP contribution in [0.4, 0.5) is 9.18 Å². The Balaban J connectivity index is 1.52. The zero-order valence-electron chi connectivity index (χ0n) is 15.2. The van der Waals surface area contributed by atoms with Gasteiger partial charge in [-0.15, -0.1) is 0 Å². The van der Waals surface area contributed by atoms with Crippen molar-refractivity contribution in [2.24, 2.45) is 0 Å². The van der Waals surface area contributed by atoms with Gasteiger partial charge in [0.15, 0.2) is 11.5 Å². The Bertz CT molecular complexity index is 962. The van der Waals surface area contributed by atoms with E-state index in [1.807, 2.05) is 36.2 Å². The number of pyridine rings is 1. The number of halogens is 1. The van der Waals surface area contributed by atoms with Crippen LogP contribution in [0.3, 0.4) is 0 Å². The Morgan fingerprint density at radius 2 is 2.04 bits per heavy atom. The molecule has 27 heavy (non-hydrogen) atoms. The summed E-state index contributed by atoms with van der Waals surface area (Å²) in [6, 6.07) is 10.3. The van der Waals surface area contributed by atoms with E-state index in [9.17, 15) is 9.18 Å². The summed E-state index contributed by atoms with van der Waals surface area (Å²) in [6.45, 7) is 3.98. The van der Waals surface area contributed by atoms with Crippen LogP contribution in [-0.4, -0.2) is 45.2 Å². The van der Waals surface area contributed by atoms with Crippen molar-refractivity contribution in [2.45, 2.75) is 25.7 Å². The first-order chi connectivity index (χ1) is 13.1. The fourth-order valence-corrected chi connectivity index (χ4v) is 3.52. The largest absolute Gasteiger partial charge is 0.338 e. The number of carbonyl (C=O) groups is 1. The van der Waals surface area contributed by atoms with Crippen molar-refractivity contribution in [1.29, 1.82) is 0 Å². The molecule has 0 aliphatic carbocycles. The van der Waals surface area contributed by atoms with Crippen LogP contribution in [0.25, 0.3) is 16.8 Å². The summed E-state index contributed by atoms with van der Waals surface area (Å²) in [4.78, 5) is 18.4. The third-order valence-corrected chi connectivity index (χ3v) is 4.98. The van der Waals surface area contributed by atoms with Gasteiger partial charge in [-0.3, -0.25) is 0 Å². The van der Waals surface area contributed by atoms with E-state index in [2.05, 4.69) is 15.4 Å². The molecule has 140 valence electrons. The molecule has 3 aromatic rings. The summed E-state index contributed by atoms with van der Waals surface area (Å²) in [5, 5.41) is 7.49. The molecule has 2 aromatic heterocycles. The number of carbonyl (C=O) groups excluding carboxylic acids is 1. The lowest BCUT2D eigenvalue weighted by atomic mass is 9.96. The SMILES string of the molecule is CCNC(=O)N1CCC(c2nc3ccc(-c4cccc(F)c4)cn3n2)CC1. The quantitative estimate of drug-likeness (QED) is 0.771. The van der Waals surface area contributed by atoms with Crippen molar-refractivity contribution >= 4 is 11.7 Å². The van der Waals surface area contributed by atoms with Gasteiger partial charge in [0.2, 0.25) is 0 Å². The van der Waals surface area contributed by atoms with Crippen molar-refractivity contribution in [2.75, 3.05) is 19.6 Å². The maximum absolute atomic E-state index is 13.5. The molecule has 1 N–H and O–H groups in total. The zero-order valence-corrected chi connectivity index (χ0v) is 15.2. The fourth-order valence-electron chi connectivity index (χ4n) is 3.52. The van der Waals surface area contributed by atoms with Crippen LogP contribution < -0.4 is 5.32 Å². The van der Waals surface area contributed by atoms with Crippen LogP contribution in [0.1, 0.15) is 31.5 Å². The highest BCUT2D eigenvalue weighted by Gasteiger charge is 2.26. The molecule has 7 heteroatoms. The molecule has 1 saturated heterocycles. The van der Waals surface area contributed by atoms with E-state index in [4.69, 9.17) is 0 Å². The zero-order chi connectivity index (χ0) is 18.8. The van der Waals surface area contributed by atoms with E-state index in [-0.39, 0.29) is 17.8 Å². The van der Waals surface area contributed by atoms with Gasteiger partial charge in [0.1, 0.15) is 5.82 Å². The van der Waals surface area contributed by atoms with Gasteiger partial charge in [-0.25, -0.2) is 18.7 Å². The van der Waals surface area contributed by atoms with Gasteiger partial charge < -0.3 is 10.2 Å². The van der Waals surface area contributed by atoms with Crippen molar-refractivity contribution in [3.05, 3.63) is 54.2 Å². The smallest absolute Gasteiger partial charge is 0.317 e. The number of nitrogens with zero attached hydrogens (tertiary/aromatic N) is 4. The molecular formula is C20H22FN5O. The molecule has 0 bridgehead atoms. The Hall–Kier alpha value is -2.96. The normalized spacial score (nSPS) is 15.3. The second-order valence-electron chi connectivity index (χ2n) is 6.80. The highest BCUT2D eigenvalue weighted by atomic mass is 19.1. The first-order valence-electron chi connectivity index (χ1n) is 9.29. The van der Waals surface area contributed by atoms with E-state index < -0.39 is 0 Å². The van der Waals surface area contributed by atoms with Crippen molar-refractivity contribution < 1.29 is 9.18 Å². The molecule has 0 radical (unpaired) electrons. The van der Waals surface area contributed by atoms with Gasteiger partial charge in [0, 0.05) is 37.3 Å². The second-order valence-corrected chi connectivity index (χ2v) is 6.80. The van der Waals surface area contributed by atoms with Gasteiger partial charge in [-0.2, -0.15) is 5.10 Å². The number of rotatable bonds is 3. The topological polar surface area (TPSA) is 62.5 Å². The lowest BCUT2D eigenvalue weighted by Gasteiger charge is -2.30. The van der Waals surface area contributed by atoms with E-state index in [0.717, 1.165) is 35.4 Å². The molecule has 1 fully saturated rings. The summed E-state index contributed by atoms with van der Waals surface area (Å²) in [5.74, 6) is 0.792. The van der Waals surface area contributed by atoms with Crippen LogP contribution in [0.15, 0.2) is 42.6 Å². The Morgan fingerprint density at radius 1 is 1.22 bits per heavy atom. The first kappa shape index (κ1) is 17.5. The summed E-state index contributed by atoms with van der Waals surface area (Å²) < 4.78 is 15.2. The molecule has 2 amide bonds. The molecule has 1 aromatic carbocycles. The predicted molar refractivity (Wildman–Crippen MR) is 101 cm³/mol. The number of fused-ring (bicyclic) bond motifs is 1. The lowest BCUT2D eigenvalue weighted by molar-refractivity contribution is 0.181. The van der Waals surface area contributed by atoms with Crippen molar-refractivity contribution in [1.82, 2.24) is 24.8 Å². The summed E-state index contributed by atoms with van der Waals surface area (Å²) >= 11 is 0. The van der Waals surface area contributed by atoms with E-state index in [1.54, 1.807) is 10.6 Å². The average molecular weight is 367 g/mol. The van der Waals surface area contributed by atoms with Gasteiger partial charge in [0.05, 0.1) is 0 Å². The maximum atomic E-state index is 13.5. The number of nitrogens with one attached hydrogen (secondary N) is 1. The number of urea groups is 1. The monoisotopic (exact) mass is 367 g/mol. The minimum atomic E-state index is -0.259. The first-order valence-corrected chi connectivity index (χ1v) is 9.29. The number of benzene rings is 1. The Morgan fingerprint density at radius 3 is 2.78 bits per heavy atom. The average Bonchev–Trinajstić information content (AvgIpc) is 3.11. The number of amides is 2. The molecule has 1 aliphatic rings. The number of piperidine rings is 1. The second kappa shape index (κ2) is 7.34. The van der Waals surface area contributed by atoms with Crippen LogP contribution in [-0.2, 0) is 0 Å². The Kier molecular flexibility index (Phi) is 4.75. The molecule has 6 nitrogen and oxygen atoms in total. The molecule has 0 saturated carbocycles. The predicted octanol–water partition coefficient (Wildman–Crippen LogP) is 3.44. The van der Waals surface area contributed by atoms with Crippen LogP contribution >= 0.6 is 0 Å². The molecular weight excluding hydrogens is 345 g/mol. The van der Waals surface area contributed by atoms with Crippen LogP contribution in [0.5, 0.6) is 0 Å². The van der Waals surface area contributed by atoms with Crippen molar-refractivity contribution in [3.63, 3.8) is 0 Å². The third kappa shape index (κ3) is 3.63. The van der Waals surface area contributed by atoms with Crippen LogP contribution in [0.2, 0.25) is 0 Å². The summed E-state index contributed by atoms with van der Waals surface area (Å²) in [6.07, 6.45) is 3.58. The number of likely N-dealkylation sites (tertiary alicyclic amines) is 1. The minimum absolute atomic E-state index is 0.00125. The Labute approximate surface area is 157 Å². The van der Waals surface area contributed by atoms with E-state index in [1.165, 1.54) is 12.1 Å². The maximum Gasteiger partial charge on any atom is 0.317 e. The summed E-state index contributed by atoms with van der Waals surface area (Å²) in [5.41, 5.74) is 2.48. The lowest BCUT2D eigenvalue weighted by Crippen LogP contribution is -2.44. The highest BCUT2D eigenvalue weighted by Crippen LogP contribution is 2.27. The van der Waals surface area contributed by atoms with Gasteiger partial charge in [-0.1, -0.05) is 12.1 Å². The molecule has 3 heterocycles. The van der Waals surface area contributed by atoms with Gasteiger partial charge in [-0.05, 0) is 49.6 Å². The van der Waals surface area contributed by atoms with E-state index >= 15 is 0 Å². The number of aromatic nitrogens is 3. The molecule has 0 atom stereocenters. The minimum Gasteiger partial charge on any atom is -0.338 e. The third-order valence-electron chi connectivity index (χ3n) is 4.98. The fraction of sp³-hybridized carbons (Fsp3) is 0.350. The standard InChI is InChI=1S/C20H22FN5O/c1-2-22-20(27)25-10-8-14(9-11-25)19-23-18-7-6-16(13-26(18)24-19)15-4-3-5-17(21)12-15/h3-7,12-14H,2,8-11H2,1H3,(H,22,27).